The predicted molar refractivity (Wildman–Crippen MR) is 76.5 cm³/mol. The van der Waals surface area contributed by atoms with Crippen LogP contribution in [0, 0.1) is 0 Å². The zero-order valence-electron chi connectivity index (χ0n) is 11.2. The summed E-state index contributed by atoms with van der Waals surface area (Å²) in [7, 11) is 3.11. The summed E-state index contributed by atoms with van der Waals surface area (Å²) in [5, 5.41) is 0. The minimum Gasteiger partial charge on any atom is -0.495 e. The first-order valence-corrected chi connectivity index (χ1v) is 7.16. The first-order chi connectivity index (χ1) is 9.01. The number of hydrogen-bond acceptors (Lipinski definition) is 3. The summed E-state index contributed by atoms with van der Waals surface area (Å²) >= 11 is 3.41. The van der Waals surface area contributed by atoms with Gasteiger partial charge in [-0.05, 0) is 47.3 Å². The van der Waals surface area contributed by atoms with Crippen molar-refractivity contribution < 1.29 is 13.9 Å². The van der Waals surface area contributed by atoms with E-state index in [0.717, 1.165) is 12.8 Å². The van der Waals surface area contributed by atoms with E-state index in [1.165, 1.54) is 7.11 Å². The van der Waals surface area contributed by atoms with Crippen LogP contribution in [-0.2, 0) is 5.67 Å². The van der Waals surface area contributed by atoms with Gasteiger partial charge in [0.2, 0.25) is 0 Å². The molecule has 0 aromatic heterocycles. The van der Waals surface area contributed by atoms with Gasteiger partial charge in [-0.2, -0.15) is 0 Å². The minimum absolute atomic E-state index is 0.0932. The van der Waals surface area contributed by atoms with Crippen LogP contribution in [0.2, 0.25) is 0 Å². The monoisotopic (exact) mass is 331 g/mol. The molecule has 2 rings (SSSR count). The van der Waals surface area contributed by atoms with E-state index < -0.39 is 5.67 Å². The molecule has 3 nitrogen and oxygen atoms in total. The summed E-state index contributed by atoms with van der Waals surface area (Å²) in [5.74, 6) is 1.13. The van der Waals surface area contributed by atoms with Crippen LogP contribution in [0.4, 0.5) is 4.39 Å². The van der Waals surface area contributed by atoms with Crippen molar-refractivity contribution in [3.8, 4) is 11.5 Å². The summed E-state index contributed by atoms with van der Waals surface area (Å²) in [4.78, 5) is 0. The molecule has 0 radical (unpaired) electrons. The quantitative estimate of drug-likeness (QED) is 0.921. The zero-order chi connectivity index (χ0) is 14.0. The van der Waals surface area contributed by atoms with Gasteiger partial charge >= 0.3 is 0 Å². The number of alkyl halides is 1. The van der Waals surface area contributed by atoms with Crippen molar-refractivity contribution in [3.63, 3.8) is 0 Å². The summed E-state index contributed by atoms with van der Waals surface area (Å²) in [5.41, 5.74) is 5.05. The average molecular weight is 332 g/mol. The Balaban J connectivity index is 2.46. The first-order valence-electron chi connectivity index (χ1n) is 6.37. The van der Waals surface area contributed by atoms with Crippen LogP contribution in [-0.4, -0.2) is 20.3 Å². The van der Waals surface area contributed by atoms with Crippen molar-refractivity contribution in [3.05, 3.63) is 22.2 Å². The zero-order valence-corrected chi connectivity index (χ0v) is 12.8. The van der Waals surface area contributed by atoms with Crippen LogP contribution < -0.4 is 15.2 Å². The number of nitrogens with two attached hydrogens (primary N) is 1. The van der Waals surface area contributed by atoms with E-state index >= 15 is 4.39 Å². The standard InChI is InChI=1S/C14H19BrFNO2/c1-18-11-6-5-10(13(19-2)12(11)15)14(16)7-3-4-9(17)8-14/h5-6,9H,3-4,7-8,17H2,1-2H3. The Hall–Kier alpha value is -0.810. The van der Waals surface area contributed by atoms with Gasteiger partial charge in [0.05, 0.1) is 14.2 Å². The average Bonchev–Trinajstić information content (AvgIpc) is 2.38. The van der Waals surface area contributed by atoms with Gasteiger partial charge in [-0.25, -0.2) is 4.39 Å². The molecule has 1 saturated carbocycles. The molecule has 0 heterocycles. The van der Waals surface area contributed by atoms with Gasteiger partial charge < -0.3 is 15.2 Å². The van der Waals surface area contributed by atoms with E-state index in [1.807, 2.05) is 0 Å². The van der Waals surface area contributed by atoms with Gasteiger partial charge in [0, 0.05) is 18.0 Å². The number of methoxy groups -OCH3 is 2. The molecule has 0 bridgehead atoms. The molecule has 0 aliphatic heterocycles. The predicted octanol–water partition coefficient (Wildman–Crippen LogP) is 3.53. The van der Waals surface area contributed by atoms with Crippen LogP contribution in [0.25, 0.3) is 0 Å². The van der Waals surface area contributed by atoms with E-state index in [-0.39, 0.29) is 6.04 Å². The van der Waals surface area contributed by atoms with Gasteiger partial charge in [-0.1, -0.05) is 0 Å². The van der Waals surface area contributed by atoms with E-state index in [4.69, 9.17) is 15.2 Å². The largest absolute Gasteiger partial charge is 0.495 e. The van der Waals surface area contributed by atoms with Gasteiger partial charge in [-0.3, -0.25) is 0 Å². The fourth-order valence-corrected chi connectivity index (χ4v) is 3.43. The normalized spacial score (nSPS) is 27.1. The molecule has 106 valence electrons. The second kappa shape index (κ2) is 5.67. The molecule has 0 saturated heterocycles. The smallest absolute Gasteiger partial charge is 0.143 e. The third kappa shape index (κ3) is 2.72. The molecule has 2 N–H and O–H groups in total. The number of hydrogen-bond donors (Lipinski definition) is 1. The molecular weight excluding hydrogens is 313 g/mol. The SMILES string of the molecule is COc1ccc(C2(F)CCCC(N)C2)c(OC)c1Br. The van der Waals surface area contributed by atoms with Crippen molar-refractivity contribution in [1.29, 1.82) is 0 Å². The number of ether oxygens (including phenoxy) is 2. The van der Waals surface area contributed by atoms with Crippen molar-refractivity contribution >= 4 is 15.9 Å². The lowest BCUT2D eigenvalue weighted by Gasteiger charge is -2.34. The maximum Gasteiger partial charge on any atom is 0.143 e. The molecule has 1 aromatic rings. The lowest BCUT2D eigenvalue weighted by Crippen LogP contribution is -2.36. The Morgan fingerprint density at radius 1 is 1.37 bits per heavy atom. The molecule has 2 atom stereocenters. The Bertz CT molecular complexity index is 469. The van der Waals surface area contributed by atoms with Gasteiger partial charge in [0.15, 0.2) is 0 Å². The molecule has 1 aromatic carbocycles. The Morgan fingerprint density at radius 2 is 2.11 bits per heavy atom. The molecule has 0 spiro atoms. The number of rotatable bonds is 3. The van der Waals surface area contributed by atoms with Crippen LogP contribution in [0.5, 0.6) is 11.5 Å². The summed E-state index contributed by atoms with van der Waals surface area (Å²) in [6, 6.07) is 3.40. The molecule has 1 aliphatic carbocycles. The molecule has 1 aliphatic rings. The fraction of sp³-hybridized carbons (Fsp3) is 0.571. The van der Waals surface area contributed by atoms with E-state index in [1.54, 1.807) is 19.2 Å². The number of halogens is 2. The van der Waals surface area contributed by atoms with E-state index in [0.29, 0.717) is 34.4 Å². The van der Waals surface area contributed by atoms with Crippen molar-refractivity contribution in [2.24, 2.45) is 5.73 Å². The van der Waals surface area contributed by atoms with Gasteiger partial charge in [-0.15, -0.1) is 0 Å². The first kappa shape index (κ1) is 14.6. The van der Waals surface area contributed by atoms with Crippen molar-refractivity contribution in [2.75, 3.05) is 14.2 Å². The van der Waals surface area contributed by atoms with Crippen LogP contribution in [0.15, 0.2) is 16.6 Å². The highest BCUT2D eigenvalue weighted by molar-refractivity contribution is 9.10. The Morgan fingerprint density at radius 3 is 2.68 bits per heavy atom. The third-order valence-electron chi connectivity index (χ3n) is 3.70. The molecular formula is C14H19BrFNO2. The summed E-state index contributed by atoms with van der Waals surface area (Å²) in [6.45, 7) is 0. The maximum atomic E-state index is 15.2. The second-order valence-electron chi connectivity index (χ2n) is 4.98. The van der Waals surface area contributed by atoms with Crippen molar-refractivity contribution in [2.45, 2.75) is 37.4 Å². The molecule has 2 unspecified atom stereocenters. The van der Waals surface area contributed by atoms with Gasteiger partial charge in [0.25, 0.3) is 0 Å². The summed E-state index contributed by atoms with van der Waals surface area (Å²) in [6.07, 6.45) is 2.49. The minimum atomic E-state index is -1.42. The fourth-order valence-electron chi connectivity index (χ4n) is 2.76. The van der Waals surface area contributed by atoms with Gasteiger partial charge in [0.1, 0.15) is 21.6 Å². The van der Waals surface area contributed by atoms with Crippen LogP contribution >= 0.6 is 15.9 Å². The molecule has 19 heavy (non-hydrogen) atoms. The third-order valence-corrected chi connectivity index (χ3v) is 4.45. The highest BCUT2D eigenvalue weighted by Gasteiger charge is 2.40. The van der Waals surface area contributed by atoms with Crippen LogP contribution in [0.3, 0.4) is 0 Å². The maximum absolute atomic E-state index is 15.2. The topological polar surface area (TPSA) is 44.5 Å². The lowest BCUT2D eigenvalue weighted by atomic mass is 9.78. The Kier molecular flexibility index (Phi) is 4.36. The highest BCUT2D eigenvalue weighted by atomic mass is 79.9. The second-order valence-corrected chi connectivity index (χ2v) is 5.78. The van der Waals surface area contributed by atoms with Crippen LogP contribution in [0.1, 0.15) is 31.2 Å². The number of benzene rings is 1. The Labute approximate surface area is 121 Å². The lowest BCUT2D eigenvalue weighted by molar-refractivity contribution is 0.0913. The molecule has 5 heteroatoms. The van der Waals surface area contributed by atoms with E-state index in [2.05, 4.69) is 15.9 Å². The van der Waals surface area contributed by atoms with E-state index in [9.17, 15) is 0 Å². The summed E-state index contributed by atoms with van der Waals surface area (Å²) < 4.78 is 26.4. The molecule has 1 fully saturated rings. The molecule has 0 amide bonds. The van der Waals surface area contributed by atoms with Crippen molar-refractivity contribution in [1.82, 2.24) is 0 Å². The highest BCUT2D eigenvalue weighted by Crippen LogP contribution is 2.48.